The molecule has 0 spiro atoms. The van der Waals surface area contributed by atoms with Crippen molar-refractivity contribution in [1.82, 2.24) is 0 Å². The summed E-state index contributed by atoms with van der Waals surface area (Å²) in [5.41, 5.74) is 6.90. The molecule has 0 aromatic carbocycles. The van der Waals surface area contributed by atoms with Gasteiger partial charge in [0.05, 0.1) is 14.4 Å². The van der Waals surface area contributed by atoms with E-state index < -0.39 is 8.35 Å². The smallest absolute Gasteiger partial charge is 0.255 e. The van der Waals surface area contributed by atoms with E-state index in [-0.39, 0.29) is 6.04 Å². The van der Waals surface area contributed by atoms with Crippen LogP contribution in [-0.2, 0) is 8.35 Å². The predicted molar refractivity (Wildman–Crippen MR) is 74.8 cm³/mol. The van der Waals surface area contributed by atoms with Gasteiger partial charge >= 0.3 is 0 Å². The van der Waals surface area contributed by atoms with E-state index in [2.05, 4.69) is 6.58 Å². The molecule has 15 heavy (non-hydrogen) atoms. The van der Waals surface area contributed by atoms with E-state index in [1.54, 1.807) is 12.2 Å². The Morgan fingerprint density at radius 3 is 2.93 bits per heavy atom. The van der Waals surface area contributed by atoms with Gasteiger partial charge in [-0.3, -0.25) is 0 Å². The average Bonchev–Trinajstić information content (AvgIpc) is 2.36. The zero-order chi connectivity index (χ0) is 11.3. The molecule has 0 aliphatic heterocycles. The monoisotopic (exact) mass is 333 g/mol. The van der Waals surface area contributed by atoms with Crippen LogP contribution in [0.5, 0.6) is 0 Å². The Balaban J connectivity index is 2.89. The van der Waals surface area contributed by atoms with Crippen molar-refractivity contribution in [3.63, 3.8) is 0 Å². The minimum absolute atomic E-state index is 0.290. The van der Waals surface area contributed by atoms with Gasteiger partial charge in [0.1, 0.15) is 0 Å². The fourth-order valence-corrected chi connectivity index (χ4v) is 2.95. The summed E-state index contributed by atoms with van der Waals surface area (Å²) >= 11 is 1.86. The van der Waals surface area contributed by atoms with E-state index >= 15 is 0 Å². The third-order valence-corrected chi connectivity index (χ3v) is 4.16. The molecule has 80 valence electrons. The summed E-state index contributed by atoms with van der Waals surface area (Å²) in [6.45, 7) is 3.60. The van der Waals surface area contributed by atoms with Gasteiger partial charge in [-0.25, -0.2) is 0 Å². The lowest BCUT2D eigenvalue weighted by Gasteiger charge is -2.09. The Morgan fingerprint density at radius 1 is 1.60 bits per heavy atom. The van der Waals surface area contributed by atoms with E-state index in [1.807, 2.05) is 51.6 Å². The number of halogens is 1. The summed E-state index contributed by atoms with van der Waals surface area (Å²) in [7, 11) is -1.05. The van der Waals surface area contributed by atoms with Crippen molar-refractivity contribution >= 4 is 29.6 Å². The summed E-state index contributed by atoms with van der Waals surface area (Å²) in [4.78, 5) is 0.730. The van der Waals surface area contributed by atoms with Crippen LogP contribution in [0, 0.1) is 0 Å². The first-order chi connectivity index (χ1) is 7.15. The summed E-state index contributed by atoms with van der Waals surface area (Å²) in [5.74, 6) is 0. The first-order valence-corrected chi connectivity index (χ1v) is 8.07. The highest BCUT2D eigenvalue weighted by molar-refractivity contribution is 14.2. The molecule has 1 aliphatic rings. The number of hydrogen-bond acceptors (Lipinski definition) is 2. The van der Waals surface area contributed by atoms with E-state index in [1.165, 1.54) is 0 Å². The van der Waals surface area contributed by atoms with Gasteiger partial charge in [-0.2, -0.15) is 0 Å². The van der Waals surface area contributed by atoms with Crippen LogP contribution in [0.25, 0.3) is 0 Å². The normalized spacial score (nSPS) is 23.3. The molecule has 0 saturated carbocycles. The molecule has 0 bridgehead atoms. The first-order valence-electron chi connectivity index (χ1n) is 4.38. The maximum atomic E-state index is 11.3. The lowest BCUT2D eigenvalue weighted by Crippen LogP contribution is -2.23. The third kappa shape index (κ3) is 3.98. The van der Waals surface area contributed by atoms with Crippen LogP contribution in [0.1, 0.15) is 0 Å². The van der Waals surface area contributed by atoms with E-state index in [0.29, 0.717) is 0 Å². The number of nitrogens with two attached hydrogens (primary N) is 1. The maximum Gasteiger partial charge on any atom is 0.255 e. The van der Waals surface area contributed by atoms with Gasteiger partial charge in [-0.15, -0.1) is 0 Å². The van der Waals surface area contributed by atoms with Gasteiger partial charge in [-0.1, -0.05) is 43.0 Å². The predicted octanol–water partition coefficient (Wildman–Crippen LogP) is 2.53. The van der Waals surface area contributed by atoms with Gasteiger partial charge in [0.25, 0.3) is 21.2 Å². The maximum absolute atomic E-state index is 11.3. The second kappa shape index (κ2) is 6.32. The molecule has 0 radical (unpaired) electrons. The van der Waals surface area contributed by atoms with Crippen molar-refractivity contribution in [2.45, 2.75) is 6.04 Å². The largest absolute Gasteiger partial charge is 0.604 e. The average molecular weight is 333 g/mol. The summed E-state index contributed by atoms with van der Waals surface area (Å²) in [6.07, 6.45) is 12.9. The molecule has 0 aromatic heterocycles. The lowest BCUT2D eigenvalue weighted by molar-refractivity contribution is 0.614. The number of rotatable bonds is 3. The summed E-state index contributed by atoms with van der Waals surface area (Å²) in [5, 5.41) is 0. The van der Waals surface area contributed by atoms with Crippen LogP contribution in [0.4, 0.5) is 0 Å². The van der Waals surface area contributed by atoms with Crippen molar-refractivity contribution in [3.8, 4) is 0 Å². The van der Waals surface area contributed by atoms with Crippen molar-refractivity contribution in [3.05, 3.63) is 59.6 Å². The quantitative estimate of drug-likeness (QED) is 0.490. The minimum atomic E-state index is -1.05. The van der Waals surface area contributed by atoms with Gasteiger partial charge in [0, 0.05) is 0 Å². The zero-order valence-corrected chi connectivity index (χ0v) is 11.1. The highest BCUT2D eigenvalue weighted by Gasteiger charge is 2.19. The SMILES string of the molecule is C=C/C=C\C1=C[C@@H](N)C([S+]([O-])I)=CC=C1. The molecule has 1 rings (SSSR count). The highest BCUT2D eigenvalue weighted by Crippen LogP contribution is 2.22. The molecule has 0 heterocycles. The Kier molecular flexibility index (Phi) is 5.38. The number of hydrogen-bond donors (Lipinski definition) is 1. The standard InChI is InChI=1S/C11H12INOS/c1-2-3-5-9-6-4-7-11(15(12)14)10(13)8-9/h2-8,10H,1,13H2/b5-3-/t10-,15?/m1/s1. The van der Waals surface area contributed by atoms with Crippen LogP contribution >= 0.6 is 21.2 Å². The second-order valence-electron chi connectivity index (χ2n) is 2.94. The minimum Gasteiger partial charge on any atom is -0.604 e. The topological polar surface area (TPSA) is 49.1 Å². The summed E-state index contributed by atoms with van der Waals surface area (Å²) in [6, 6.07) is -0.290. The van der Waals surface area contributed by atoms with Crippen LogP contribution in [-0.4, -0.2) is 10.6 Å². The molecule has 0 aromatic rings. The molecule has 4 heteroatoms. The van der Waals surface area contributed by atoms with Crippen molar-refractivity contribution in [1.29, 1.82) is 0 Å². The van der Waals surface area contributed by atoms with Crippen LogP contribution in [0.2, 0.25) is 0 Å². The fraction of sp³-hybridized carbons (Fsp3) is 0.0909. The molecule has 0 fully saturated rings. The molecule has 1 aliphatic carbocycles. The van der Waals surface area contributed by atoms with Crippen molar-refractivity contribution in [2.24, 2.45) is 5.73 Å². The van der Waals surface area contributed by atoms with E-state index in [0.717, 1.165) is 10.5 Å². The van der Waals surface area contributed by atoms with E-state index in [4.69, 9.17) is 5.73 Å². The molecule has 1 unspecified atom stereocenters. The first kappa shape index (κ1) is 12.8. The fourth-order valence-electron chi connectivity index (χ4n) is 1.16. The Labute approximate surface area is 105 Å². The molecule has 2 nitrogen and oxygen atoms in total. The van der Waals surface area contributed by atoms with Gasteiger partial charge in [0.2, 0.25) is 0 Å². The van der Waals surface area contributed by atoms with Gasteiger partial charge in [-0.05, 0) is 11.6 Å². The Bertz CT molecular complexity index is 356. The highest BCUT2D eigenvalue weighted by atomic mass is 127. The van der Waals surface area contributed by atoms with Crippen molar-refractivity contribution in [2.75, 3.05) is 0 Å². The Morgan fingerprint density at radius 2 is 2.33 bits per heavy atom. The van der Waals surface area contributed by atoms with Gasteiger partial charge < -0.3 is 10.3 Å². The van der Waals surface area contributed by atoms with Crippen LogP contribution < -0.4 is 5.73 Å². The number of allylic oxidation sites excluding steroid dienone is 7. The third-order valence-electron chi connectivity index (χ3n) is 1.86. The summed E-state index contributed by atoms with van der Waals surface area (Å²) < 4.78 is 11.3. The van der Waals surface area contributed by atoms with Crippen molar-refractivity contribution < 1.29 is 4.55 Å². The molecule has 2 atom stereocenters. The van der Waals surface area contributed by atoms with Gasteiger partial charge in [0.15, 0.2) is 4.91 Å². The second-order valence-corrected chi connectivity index (χ2v) is 6.26. The van der Waals surface area contributed by atoms with E-state index in [9.17, 15) is 4.55 Å². The zero-order valence-electron chi connectivity index (χ0n) is 8.10. The molecule has 0 saturated heterocycles. The molecule has 2 N–H and O–H groups in total. The lowest BCUT2D eigenvalue weighted by atomic mass is 10.1. The Hall–Kier alpha value is -0.300. The van der Waals surface area contributed by atoms with Crippen LogP contribution in [0.15, 0.2) is 59.6 Å². The van der Waals surface area contributed by atoms with Crippen LogP contribution in [0.3, 0.4) is 0 Å². The molecule has 0 amide bonds. The molecular formula is C11H12INOS. The molecular weight excluding hydrogens is 321 g/mol.